The minimum absolute atomic E-state index is 0. The summed E-state index contributed by atoms with van der Waals surface area (Å²) in [6.07, 6.45) is 2.85. The minimum Gasteiger partial charge on any atom is -0.378 e. The highest BCUT2D eigenvalue weighted by molar-refractivity contribution is 14.0. The fraction of sp³-hybridized carbons (Fsp3) is 0.571. The topological polar surface area (TPSA) is 75.8 Å². The highest BCUT2D eigenvalue weighted by atomic mass is 127. The van der Waals surface area contributed by atoms with Gasteiger partial charge in [0, 0.05) is 31.4 Å². The van der Waals surface area contributed by atoms with Gasteiger partial charge in [0.15, 0.2) is 5.96 Å². The van der Waals surface area contributed by atoms with Crippen LogP contribution in [0, 0.1) is 0 Å². The van der Waals surface area contributed by atoms with Crippen molar-refractivity contribution >= 4 is 35.8 Å². The second kappa shape index (κ2) is 9.78. The molecule has 3 N–H and O–H groups in total. The number of hydrogen-bond donors (Lipinski definition) is 2. The number of hydrogen-bond acceptors (Lipinski definition) is 4. The predicted molar refractivity (Wildman–Crippen MR) is 96.3 cm³/mol. The quantitative estimate of drug-likeness (QED) is 0.440. The number of anilines is 1. The van der Waals surface area contributed by atoms with Gasteiger partial charge in [0.2, 0.25) is 0 Å². The van der Waals surface area contributed by atoms with E-state index >= 15 is 0 Å². The molecule has 0 unspecified atom stereocenters. The molecule has 0 saturated carbocycles. The first-order valence-corrected chi connectivity index (χ1v) is 7.11. The van der Waals surface area contributed by atoms with Gasteiger partial charge in [-0.2, -0.15) is 0 Å². The molecule has 118 valence electrons. The maximum Gasteiger partial charge on any atom is 0.188 e. The molecule has 7 heteroatoms. The van der Waals surface area contributed by atoms with E-state index < -0.39 is 0 Å². The Morgan fingerprint density at radius 1 is 1.48 bits per heavy atom. The van der Waals surface area contributed by atoms with E-state index in [4.69, 9.17) is 10.5 Å². The third kappa shape index (κ3) is 5.66. The Morgan fingerprint density at radius 3 is 2.95 bits per heavy atom. The zero-order chi connectivity index (χ0) is 14.2. The van der Waals surface area contributed by atoms with Crippen molar-refractivity contribution in [1.29, 1.82) is 0 Å². The third-order valence-electron chi connectivity index (χ3n) is 3.15. The number of nitrogens with zero attached hydrogens (tertiary/aromatic N) is 3. The highest BCUT2D eigenvalue weighted by Gasteiger charge is 2.15. The summed E-state index contributed by atoms with van der Waals surface area (Å²) in [7, 11) is 0. The van der Waals surface area contributed by atoms with Gasteiger partial charge in [0.1, 0.15) is 5.82 Å². The van der Waals surface area contributed by atoms with Gasteiger partial charge in [0.05, 0.1) is 19.8 Å². The van der Waals surface area contributed by atoms with Gasteiger partial charge in [-0.25, -0.2) is 9.98 Å². The summed E-state index contributed by atoms with van der Waals surface area (Å²) < 4.78 is 5.38. The van der Waals surface area contributed by atoms with Gasteiger partial charge >= 0.3 is 0 Å². The fourth-order valence-electron chi connectivity index (χ4n) is 2.09. The van der Waals surface area contributed by atoms with Crippen LogP contribution in [-0.4, -0.2) is 43.8 Å². The van der Waals surface area contributed by atoms with Crippen LogP contribution in [0.15, 0.2) is 23.3 Å². The number of morpholine rings is 1. The Kier molecular flexibility index (Phi) is 8.36. The van der Waals surface area contributed by atoms with E-state index in [1.807, 2.05) is 18.3 Å². The van der Waals surface area contributed by atoms with Crippen molar-refractivity contribution in [2.24, 2.45) is 10.7 Å². The smallest absolute Gasteiger partial charge is 0.188 e. The maximum absolute atomic E-state index is 5.82. The van der Waals surface area contributed by atoms with E-state index in [0.29, 0.717) is 12.5 Å². The molecule has 1 aliphatic rings. The third-order valence-corrected chi connectivity index (χ3v) is 3.15. The molecule has 1 aromatic heterocycles. The van der Waals surface area contributed by atoms with E-state index in [0.717, 1.165) is 50.7 Å². The molecule has 6 nitrogen and oxygen atoms in total. The number of aromatic nitrogens is 1. The average Bonchev–Trinajstić information content (AvgIpc) is 2.52. The number of rotatable bonds is 5. The summed E-state index contributed by atoms with van der Waals surface area (Å²) in [4.78, 5) is 11.1. The number of nitrogens with two attached hydrogens (primary N) is 1. The van der Waals surface area contributed by atoms with E-state index in [2.05, 4.69) is 27.1 Å². The average molecular weight is 405 g/mol. The number of aliphatic imine (C=N–C) groups is 1. The van der Waals surface area contributed by atoms with Crippen molar-refractivity contribution in [3.05, 3.63) is 23.9 Å². The van der Waals surface area contributed by atoms with Gasteiger partial charge in [-0.1, -0.05) is 13.0 Å². The molecular formula is C14H24IN5O. The first-order chi connectivity index (χ1) is 9.81. The van der Waals surface area contributed by atoms with E-state index in [9.17, 15) is 0 Å². The van der Waals surface area contributed by atoms with Crippen LogP contribution in [0.25, 0.3) is 0 Å². The molecule has 0 spiro atoms. The summed E-state index contributed by atoms with van der Waals surface area (Å²) in [5.41, 5.74) is 6.91. The summed E-state index contributed by atoms with van der Waals surface area (Å²) in [6, 6.07) is 3.98. The lowest BCUT2D eigenvalue weighted by Crippen LogP contribution is -2.37. The molecule has 1 aromatic rings. The van der Waals surface area contributed by atoms with Crippen LogP contribution in [-0.2, 0) is 11.3 Å². The van der Waals surface area contributed by atoms with Crippen LogP contribution in [0.2, 0.25) is 0 Å². The van der Waals surface area contributed by atoms with Crippen LogP contribution in [0.5, 0.6) is 0 Å². The van der Waals surface area contributed by atoms with E-state index in [1.54, 1.807) is 0 Å². The normalized spacial score (nSPS) is 15.5. The van der Waals surface area contributed by atoms with Gasteiger partial charge < -0.3 is 20.7 Å². The molecule has 0 aromatic carbocycles. The lowest BCUT2D eigenvalue weighted by molar-refractivity contribution is 0.122. The molecule has 2 heterocycles. The van der Waals surface area contributed by atoms with Crippen LogP contribution in [0.3, 0.4) is 0 Å². The fourth-order valence-corrected chi connectivity index (χ4v) is 2.09. The van der Waals surface area contributed by atoms with Crippen molar-refractivity contribution < 1.29 is 4.74 Å². The van der Waals surface area contributed by atoms with Crippen molar-refractivity contribution in [3.8, 4) is 0 Å². The molecule has 1 aliphatic heterocycles. The van der Waals surface area contributed by atoms with Crippen molar-refractivity contribution in [3.63, 3.8) is 0 Å². The molecule has 21 heavy (non-hydrogen) atoms. The minimum atomic E-state index is 0. The number of halogens is 1. The van der Waals surface area contributed by atoms with Crippen LogP contribution in [0.1, 0.15) is 18.9 Å². The molecule has 0 amide bonds. The number of guanidine groups is 1. The predicted octanol–water partition coefficient (Wildman–Crippen LogP) is 1.35. The zero-order valence-electron chi connectivity index (χ0n) is 12.4. The largest absolute Gasteiger partial charge is 0.378 e. The van der Waals surface area contributed by atoms with Crippen LogP contribution >= 0.6 is 24.0 Å². The number of pyridine rings is 1. The Balaban J connectivity index is 0.00000220. The molecule has 0 aliphatic carbocycles. The van der Waals surface area contributed by atoms with Crippen LogP contribution in [0.4, 0.5) is 5.82 Å². The number of ether oxygens (including phenoxy) is 1. The van der Waals surface area contributed by atoms with Crippen LogP contribution < -0.4 is 16.0 Å². The van der Waals surface area contributed by atoms with Crippen molar-refractivity contribution in [2.45, 2.75) is 19.9 Å². The summed E-state index contributed by atoms with van der Waals surface area (Å²) >= 11 is 0. The zero-order valence-corrected chi connectivity index (χ0v) is 14.7. The molecule has 1 fully saturated rings. The first-order valence-electron chi connectivity index (χ1n) is 7.11. The summed E-state index contributed by atoms with van der Waals surface area (Å²) in [6.45, 7) is 6.73. The van der Waals surface area contributed by atoms with Crippen molar-refractivity contribution in [2.75, 3.05) is 37.7 Å². The van der Waals surface area contributed by atoms with E-state index in [-0.39, 0.29) is 24.0 Å². The molecule has 1 saturated heterocycles. The Bertz CT molecular complexity index is 449. The first kappa shape index (κ1) is 18.0. The second-order valence-corrected chi connectivity index (χ2v) is 4.71. The van der Waals surface area contributed by atoms with Gasteiger partial charge in [-0.05, 0) is 12.5 Å². The summed E-state index contributed by atoms with van der Waals surface area (Å²) in [5.74, 6) is 1.48. The van der Waals surface area contributed by atoms with Crippen molar-refractivity contribution in [1.82, 2.24) is 10.3 Å². The van der Waals surface area contributed by atoms with Gasteiger partial charge in [-0.15, -0.1) is 24.0 Å². The lowest BCUT2D eigenvalue weighted by atomic mass is 10.2. The SMILES string of the molecule is CCCNC(N)=NCc1cccnc1N1CCOCC1.I. The monoisotopic (exact) mass is 405 g/mol. The second-order valence-electron chi connectivity index (χ2n) is 4.71. The van der Waals surface area contributed by atoms with Gasteiger partial charge in [-0.3, -0.25) is 0 Å². The highest BCUT2D eigenvalue weighted by Crippen LogP contribution is 2.19. The Hall–Kier alpha value is -1.09. The standard InChI is InChI=1S/C14H23N5O.HI/c1-2-5-17-14(15)18-11-12-4-3-6-16-13(12)19-7-9-20-10-8-19;/h3-4,6H,2,5,7-11H2,1H3,(H3,15,17,18);1H. The molecule has 0 atom stereocenters. The van der Waals surface area contributed by atoms with Gasteiger partial charge in [0.25, 0.3) is 0 Å². The summed E-state index contributed by atoms with van der Waals surface area (Å²) in [5, 5.41) is 3.08. The molecule has 2 rings (SSSR count). The lowest BCUT2D eigenvalue weighted by Gasteiger charge is -2.29. The Labute approximate surface area is 143 Å². The molecule has 0 bridgehead atoms. The maximum atomic E-state index is 5.82. The molecule has 0 radical (unpaired) electrons. The van der Waals surface area contributed by atoms with E-state index in [1.165, 1.54) is 0 Å². The Morgan fingerprint density at radius 2 is 2.24 bits per heavy atom. The number of nitrogens with one attached hydrogen (secondary N) is 1. The molecular weight excluding hydrogens is 381 g/mol.